The number of carbonyl (C=O) groups is 1. The van der Waals surface area contributed by atoms with Gasteiger partial charge in [0.1, 0.15) is 18.0 Å². The summed E-state index contributed by atoms with van der Waals surface area (Å²) in [4.78, 5) is 13.1. The SMILES string of the molecule is COc1ccc(C)cc1N(CC(=O)Nc1cccc(OC(C)C)c1)S(=O)(=O)c1ccccc1. The summed E-state index contributed by atoms with van der Waals surface area (Å²) in [7, 11) is -2.59. The molecular formula is C25H28N2O5S. The first kappa shape index (κ1) is 24.1. The van der Waals surface area contributed by atoms with Crippen molar-refractivity contribution in [3.8, 4) is 11.5 Å². The standard InChI is InChI=1S/C25H28N2O5S/c1-18(2)32-21-10-8-9-20(16-21)26-25(28)17-27(23-15-19(3)13-14-24(23)31-4)33(29,30)22-11-6-5-7-12-22/h5-16,18H,17H2,1-4H3,(H,26,28). The fourth-order valence-corrected chi connectivity index (χ4v) is 4.71. The number of anilines is 2. The van der Waals surface area contributed by atoms with Crippen LogP contribution in [-0.4, -0.2) is 34.1 Å². The fourth-order valence-electron chi connectivity index (χ4n) is 3.26. The Labute approximate surface area is 195 Å². The van der Waals surface area contributed by atoms with Gasteiger partial charge in [-0.15, -0.1) is 0 Å². The lowest BCUT2D eigenvalue weighted by Gasteiger charge is -2.26. The molecule has 0 heterocycles. The van der Waals surface area contributed by atoms with E-state index in [1.54, 1.807) is 54.6 Å². The van der Waals surface area contributed by atoms with Gasteiger partial charge in [0.05, 0.1) is 23.8 Å². The number of aryl methyl sites for hydroxylation is 1. The molecule has 0 saturated heterocycles. The molecular weight excluding hydrogens is 440 g/mol. The molecule has 0 unspecified atom stereocenters. The zero-order chi connectivity index (χ0) is 24.0. The number of methoxy groups -OCH3 is 1. The van der Waals surface area contributed by atoms with Crippen molar-refractivity contribution < 1.29 is 22.7 Å². The van der Waals surface area contributed by atoms with Crippen molar-refractivity contribution in [1.82, 2.24) is 0 Å². The number of hydrogen-bond donors (Lipinski definition) is 1. The van der Waals surface area contributed by atoms with Crippen molar-refractivity contribution in [1.29, 1.82) is 0 Å². The first-order valence-corrected chi connectivity index (χ1v) is 11.9. The molecule has 3 aromatic carbocycles. The van der Waals surface area contributed by atoms with Gasteiger partial charge in [0.25, 0.3) is 10.0 Å². The van der Waals surface area contributed by atoms with Crippen LogP contribution in [0.4, 0.5) is 11.4 Å². The summed E-state index contributed by atoms with van der Waals surface area (Å²) in [5.41, 5.74) is 1.62. The molecule has 0 aliphatic carbocycles. The van der Waals surface area contributed by atoms with Gasteiger partial charge in [-0.2, -0.15) is 0 Å². The van der Waals surface area contributed by atoms with Crippen molar-refractivity contribution in [2.24, 2.45) is 0 Å². The third-order valence-corrected chi connectivity index (χ3v) is 6.48. The third-order valence-electron chi connectivity index (χ3n) is 4.71. The van der Waals surface area contributed by atoms with Crippen LogP contribution < -0.4 is 19.1 Å². The van der Waals surface area contributed by atoms with E-state index in [0.717, 1.165) is 9.87 Å². The molecule has 0 radical (unpaired) electrons. The van der Waals surface area contributed by atoms with Crippen molar-refractivity contribution in [2.45, 2.75) is 31.8 Å². The Kier molecular flexibility index (Phi) is 7.60. The van der Waals surface area contributed by atoms with Crippen LogP contribution in [0, 0.1) is 6.92 Å². The van der Waals surface area contributed by atoms with Gasteiger partial charge in [-0.25, -0.2) is 8.42 Å². The molecule has 3 aromatic rings. The second-order valence-electron chi connectivity index (χ2n) is 7.74. The van der Waals surface area contributed by atoms with Gasteiger partial charge in [0, 0.05) is 11.8 Å². The van der Waals surface area contributed by atoms with Crippen LogP contribution in [-0.2, 0) is 14.8 Å². The second-order valence-corrected chi connectivity index (χ2v) is 9.60. The highest BCUT2D eigenvalue weighted by atomic mass is 32.2. The van der Waals surface area contributed by atoms with Gasteiger partial charge in [0.2, 0.25) is 5.91 Å². The highest BCUT2D eigenvalue weighted by Gasteiger charge is 2.29. The number of nitrogens with zero attached hydrogens (tertiary/aromatic N) is 1. The minimum atomic E-state index is -4.05. The maximum atomic E-state index is 13.5. The minimum absolute atomic E-state index is 0.0174. The zero-order valence-corrected chi connectivity index (χ0v) is 19.9. The summed E-state index contributed by atoms with van der Waals surface area (Å²) in [6.07, 6.45) is -0.0174. The lowest BCUT2D eigenvalue weighted by atomic mass is 10.2. The molecule has 3 rings (SSSR count). The second kappa shape index (κ2) is 10.4. The van der Waals surface area contributed by atoms with E-state index in [9.17, 15) is 13.2 Å². The average Bonchev–Trinajstić information content (AvgIpc) is 2.77. The van der Waals surface area contributed by atoms with E-state index in [-0.39, 0.29) is 16.7 Å². The van der Waals surface area contributed by atoms with Crippen LogP contribution in [0.15, 0.2) is 77.7 Å². The summed E-state index contributed by atoms with van der Waals surface area (Å²) < 4.78 is 39.2. The highest BCUT2D eigenvalue weighted by Crippen LogP contribution is 2.33. The van der Waals surface area contributed by atoms with Crippen molar-refractivity contribution in [3.63, 3.8) is 0 Å². The number of carbonyl (C=O) groups excluding carboxylic acids is 1. The van der Waals surface area contributed by atoms with Gasteiger partial charge in [-0.05, 0) is 62.7 Å². The van der Waals surface area contributed by atoms with Crippen LogP contribution >= 0.6 is 0 Å². The smallest absolute Gasteiger partial charge is 0.264 e. The summed E-state index contributed by atoms with van der Waals surface area (Å²) >= 11 is 0. The molecule has 33 heavy (non-hydrogen) atoms. The molecule has 0 aliphatic rings. The van der Waals surface area contributed by atoms with Crippen molar-refractivity contribution in [3.05, 3.63) is 78.4 Å². The first-order valence-electron chi connectivity index (χ1n) is 10.5. The van der Waals surface area contributed by atoms with Gasteiger partial charge >= 0.3 is 0 Å². The predicted octanol–water partition coefficient (Wildman–Crippen LogP) is 4.62. The Hall–Kier alpha value is -3.52. The Bertz CT molecular complexity index is 1210. The molecule has 0 aromatic heterocycles. The predicted molar refractivity (Wildman–Crippen MR) is 130 cm³/mol. The molecule has 1 N–H and O–H groups in total. The normalized spacial score (nSPS) is 11.2. The fraction of sp³-hybridized carbons (Fsp3) is 0.240. The van der Waals surface area contributed by atoms with Gasteiger partial charge in [-0.3, -0.25) is 9.10 Å². The van der Waals surface area contributed by atoms with Crippen LogP contribution in [0.25, 0.3) is 0 Å². The molecule has 0 aliphatic heterocycles. The quantitative estimate of drug-likeness (QED) is 0.495. The molecule has 1 amide bonds. The van der Waals surface area contributed by atoms with E-state index in [1.165, 1.54) is 19.2 Å². The van der Waals surface area contributed by atoms with E-state index < -0.39 is 22.5 Å². The van der Waals surface area contributed by atoms with Crippen LogP contribution in [0.1, 0.15) is 19.4 Å². The van der Waals surface area contributed by atoms with E-state index >= 15 is 0 Å². The Morgan fingerprint density at radius 3 is 2.39 bits per heavy atom. The number of hydrogen-bond acceptors (Lipinski definition) is 5. The molecule has 0 bridgehead atoms. The van der Waals surface area contributed by atoms with E-state index in [0.29, 0.717) is 17.2 Å². The molecule has 7 nitrogen and oxygen atoms in total. The number of amides is 1. The van der Waals surface area contributed by atoms with Crippen molar-refractivity contribution >= 4 is 27.3 Å². The van der Waals surface area contributed by atoms with E-state index in [2.05, 4.69) is 5.32 Å². The van der Waals surface area contributed by atoms with Crippen LogP contribution in [0.5, 0.6) is 11.5 Å². The van der Waals surface area contributed by atoms with Gasteiger partial charge in [-0.1, -0.05) is 30.3 Å². The lowest BCUT2D eigenvalue weighted by Crippen LogP contribution is -2.38. The van der Waals surface area contributed by atoms with Gasteiger partial charge < -0.3 is 14.8 Å². The number of nitrogens with one attached hydrogen (secondary N) is 1. The van der Waals surface area contributed by atoms with Crippen LogP contribution in [0.2, 0.25) is 0 Å². The summed E-state index contributed by atoms with van der Waals surface area (Å²) in [5, 5.41) is 2.77. The molecule has 174 valence electrons. The molecule has 8 heteroatoms. The van der Waals surface area contributed by atoms with Crippen LogP contribution in [0.3, 0.4) is 0 Å². The third kappa shape index (κ3) is 6.04. The Morgan fingerprint density at radius 1 is 1.00 bits per heavy atom. The Balaban J connectivity index is 1.96. The molecule has 0 spiro atoms. The molecule has 0 atom stereocenters. The number of sulfonamides is 1. The average molecular weight is 469 g/mol. The minimum Gasteiger partial charge on any atom is -0.495 e. The van der Waals surface area contributed by atoms with E-state index in [1.807, 2.05) is 26.8 Å². The first-order chi connectivity index (χ1) is 15.7. The summed E-state index contributed by atoms with van der Waals surface area (Å²) in [6.45, 7) is 5.22. The Morgan fingerprint density at radius 2 is 1.73 bits per heavy atom. The number of rotatable bonds is 9. The lowest BCUT2D eigenvalue weighted by molar-refractivity contribution is -0.114. The van der Waals surface area contributed by atoms with Gasteiger partial charge in [0.15, 0.2) is 0 Å². The zero-order valence-electron chi connectivity index (χ0n) is 19.1. The monoisotopic (exact) mass is 468 g/mol. The number of ether oxygens (including phenoxy) is 2. The van der Waals surface area contributed by atoms with Crippen molar-refractivity contribution in [2.75, 3.05) is 23.3 Å². The maximum absolute atomic E-state index is 13.5. The highest BCUT2D eigenvalue weighted by molar-refractivity contribution is 7.92. The summed E-state index contributed by atoms with van der Waals surface area (Å²) in [5.74, 6) is 0.455. The van der Waals surface area contributed by atoms with E-state index in [4.69, 9.17) is 9.47 Å². The largest absolute Gasteiger partial charge is 0.495 e. The molecule has 0 fully saturated rings. The maximum Gasteiger partial charge on any atom is 0.264 e. The molecule has 0 saturated carbocycles. The summed E-state index contributed by atoms with van der Waals surface area (Å²) in [6, 6.07) is 20.1. The number of benzene rings is 3. The topological polar surface area (TPSA) is 84.9 Å².